The molecule has 1 saturated heterocycles. The summed E-state index contributed by atoms with van der Waals surface area (Å²) in [7, 11) is 0. The van der Waals surface area contributed by atoms with Crippen LogP contribution in [-0.2, 0) is 4.79 Å². The van der Waals surface area contributed by atoms with Gasteiger partial charge in [0, 0.05) is 25.4 Å². The summed E-state index contributed by atoms with van der Waals surface area (Å²) in [4.78, 5) is 14.4. The second kappa shape index (κ2) is 7.88. The molecule has 0 radical (unpaired) electrons. The molecular weight excluding hydrogens is 278 g/mol. The lowest BCUT2D eigenvalue weighted by molar-refractivity contribution is -0.130. The molecule has 0 spiro atoms. The second-order valence-corrected chi connectivity index (χ2v) is 6.83. The number of hydrogen-bond acceptors (Lipinski definition) is 2. The Hall–Kier alpha value is -0.960. The lowest BCUT2D eigenvalue weighted by Gasteiger charge is -2.26. The molecule has 2 nitrogen and oxygen atoms in total. The molecule has 1 amide bonds. The van der Waals surface area contributed by atoms with E-state index < -0.39 is 0 Å². The molecule has 2 atom stereocenters. The van der Waals surface area contributed by atoms with Gasteiger partial charge in [-0.2, -0.15) is 12.6 Å². The van der Waals surface area contributed by atoms with Crippen LogP contribution in [0.2, 0.25) is 0 Å². The summed E-state index contributed by atoms with van der Waals surface area (Å²) in [6.07, 6.45) is 2.89. The van der Waals surface area contributed by atoms with Crippen LogP contribution in [0, 0.1) is 11.8 Å². The van der Waals surface area contributed by atoms with E-state index >= 15 is 0 Å². The van der Waals surface area contributed by atoms with Gasteiger partial charge in [0.25, 0.3) is 0 Å². The average molecular weight is 305 g/mol. The molecule has 1 aromatic rings. The van der Waals surface area contributed by atoms with Gasteiger partial charge in [-0.3, -0.25) is 4.79 Å². The van der Waals surface area contributed by atoms with Crippen LogP contribution in [0.1, 0.15) is 44.6 Å². The molecule has 0 N–H and O–H groups in total. The third-order valence-corrected chi connectivity index (χ3v) is 5.17. The third-order valence-electron chi connectivity index (χ3n) is 4.73. The number of carbonyl (C=O) groups excluding carboxylic acids is 1. The van der Waals surface area contributed by atoms with E-state index in [0.29, 0.717) is 30.1 Å². The Kier molecular flexibility index (Phi) is 6.16. The van der Waals surface area contributed by atoms with Crippen LogP contribution in [-0.4, -0.2) is 29.6 Å². The number of likely N-dealkylation sites (tertiary alicyclic amines) is 1. The van der Waals surface area contributed by atoms with E-state index in [0.717, 1.165) is 31.7 Å². The van der Waals surface area contributed by atoms with Crippen LogP contribution in [0.4, 0.5) is 0 Å². The van der Waals surface area contributed by atoms with E-state index in [1.807, 2.05) is 6.07 Å². The van der Waals surface area contributed by atoms with Crippen molar-refractivity contribution in [3.63, 3.8) is 0 Å². The van der Waals surface area contributed by atoms with Gasteiger partial charge in [0.15, 0.2) is 0 Å². The highest BCUT2D eigenvalue weighted by molar-refractivity contribution is 7.80. The molecule has 0 aromatic heterocycles. The number of amides is 1. The zero-order chi connectivity index (χ0) is 15.2. The molecule has 0 saturated carbocycles. The highest BCUT2D eigenvalue weighted by atomic mass is 32.1. The van der Waals surface area contributed by atoms with Crippen molar-refractivity contribution in [2.24, 2.45) is 11.8 Å². The molecule has 1 aliphatic heterocycles. The van der Waals surface area contributed by atoms with Crippen molar-refractivity contribution >= 4 is 18.5 Å². The number of rotatable bonds is 5. The Bertz CT molecular complexity index is 446. The van der Waals surface area contributed by atoms with Gasteiger partial charge in [-0.25, -0.2) is 0 Å². The average Bonchev–Trinajstić information content (AvgIpc) is 2.68. The van der Waals surface area contributed by atoms with Gasteiger partial charge < -0.3 is 4.90 Å². The van der Waals surface area contributed by atoms with E-state index in [1.165, 1.54) is 5.56 Å². The first-order valence-corrected chi connectivity index (χ1v) is 8.68. The standard InChI is InChI=1S/C18H27NOS/c1-14(2)15-8-9-18(20)19(11-10-15)12-17(13-21)16-6-4-3-5-7-16/h3-7,14-15,17,21H,8-13H2,1-2H3. The topological polar surface area (TPSA) is 20.3 Å². The van der Waals surface area contributed by atoms with E-state index in [1.54, 1.807) is 0 Å². The van der Waals surface area contributed by atoms with E-state index in [2.05, 4.69) is 55.6 Å². The van der Waals surface area contributed by atoms with E-state index in [9.17, 15) is 4.79 Å². The van der Waals surface area contributed by atoms with Crippen molar-refractivity contribution in [1.82, 2.24) is 4.90 Å². The molecule has 1 heterocycles. The van der Waals surface area contributed by atoms with E-state index in [-0.39, 0.29) is 0 Å². The Balaban J connectivity index is 2.01. The van der Waals surface area contributed by atoms with Crippen molar-refractivity contribution in [3.05, 3.63) is 35.9 Å². The second-order valence-electron chi connectivity index (χ2n) is 6.46. The van der Waals surface area contributed by atoms with Crippen molar-refractivity contribution in [3.8, 4) is 0 Å². The number of nitrogens with zero attached hydrogens (tertiary/aromatic N) is 1. The van der Waals surface area contributed by atoms with Gasteiger partial charge in [-0.15, -0.1) is 0 Å². The predicted molar refractivity (Wildman–Crippen MR) is 91.8 cm³/mol. The Labute approximate surface area is 134 Å². The molecule has 21 heavy (non-hydrogen) atoms. The molecule has 2 rings (SSSR count). The lowest BCUT2D eigenvalue weighted by atomic mass is 9.89. The van der Waals surface area contributed by atoms with Gasteiger partial charge in [0.2, 0.25) is 5.91 Å². The third kappa shape index (κ3) is 4.50. The number of benzene rings is 1. The maximum absolute atomic E-state index is 12.4. The molecule has 1 aromatic carbocycles. The molecule has 3 heteroatoms. The minimum absolute atomic E-state index is 0.320. The predicted octanol–water partition coefficient (Wildman–Crippen LogP) is 3.98. The molecule has 1 aliphatic rings. The monoisotopic (exact) mass is 305 g/mol. The molecular formula is C18H27NOS. The summed E-state index contributed by atoms with van der Waals surface area (Å²) in [5.41, 5.74) is 1.28. The van der Waals surface area contributed by atoms with Crippen LogP contribution in [0.15, 0.2) is 30.3 Å². The SMILES string of the molecule is CC(C)C1CCC(=O)N(CC(CS)c2ccccc2)CC1. The smallest absolute Gasteiger partial charge is 0.222 e. The fourth-order valence-corrected chi connectivity index (χ4v) is 3.50. The first kappa shape index (κ1) is 16.4. The first-order valence-electron chi connectivity index (χ1n) is 8.05. The minimum atomic E-state index is 0.320. The van der Waals surface area contributed by atoms with Crippen molar-refractivity contribution < 1.29 is 4.79 Å². The van der Waals surface area contributed by atoms with Crippen LogP contribution in [0.3, 0.4) is 0 Å². The largest absolute Gasteiger partial charge is 0.342 e. The zero-order valence-electron chi connectivity index (χ0n) is 13.2. The Morgan fingerprint density at radius 2 is 1.95 bits per heavy atom. The van der Waals surface area contributed by atoms with Crippen LogP contribution in [0.25, 0.3) is 0 Å². The van der Waals surface area contributed by atoms with E-state index in [4.69, 9.17) is 0 Å². The van der Waals surface area contributed by atoms with Gasteiger partial charge in [-0.05, 0) is 36.0 Å². The maximum Gasteiger partial charge on any atom is 0.222 e. The molecule has 0 aliphatic carbocycles. The fraction of sp³-hybridized carbons (Fsp3) is 0.611. The van der Waals surface area contributed by atoms with Crippen molar-refractivity contribution in [2.45, 2.75) is 39.0 Å². The van der Waals surface area contributed by atoms with Gasteiger partial charge in [-0.1, -0.05) is 44.2 Å². The number of thiol groups is 1. The summed E-state index contributed by atoms with van der Waals surface area (Å²) in [6.45, 7) is 6.24. The van der Waals surface area contributed by atoms with Crippen LogP contribution >= 0.6 is 12.6 Å². The van der Waals surface area contributed by atoms with Gasteiger partial charge in [0.05, 0.1) is 0 Å². The summed E-state index contributed by atoms with van der Waals surface area (Å²) < 4.78 is 0. The highest BCUT2D eigenvalue weighted by Gasteiger charge is 2.26. The lowest BCUT2D eigenvalue weighted by Crippen LogP contribution is -2.34. The van der Waals surface area contributed by atoms with Crippen LogP contribution < -0.4 is 0 Å². The number of carbonyl (C=O) groups is 1. The minimum Gasteiger partial charge on any atom is -0.342 e. The zero-order valence-corrected chi connectivity index (χ0v) is 14.1. The Morgan fingerprint density at radius 3 is 2.57 bits per heavy atom. The van der Waals surface area contributed by atoms with Gasteiger partial charge >= 0.3 is 0 Å². The fourth-order valence-electron chi connectivity index (χ4n) is 3.18. The molecule has 2 unspecified atom stereocenters. The molecule has 116 valence electrons. The summed E-state index contributed by atoms with van der Waals surface area (Å²) in [6, 6.07) is 10.4. The maximum atomic E-state index is 12.4. The normalized spacial score (nSPS) is 21.4. The first-order chi connectivity index (χ1) is 10.1. The van der Waals surface area contributed by atoms with Crippen LogP contribution in [0.5, 0.6) is 0 Å². The molecule has 0 bridgehead atoms. The number of hydrogen-bond donors (Lipinski definition) is 1. The summed E-state index contributed by atoms with van der Waals surface area (Å²) >= 11 is 4.50. The summed E-state index contributed by atoms with van der Waals surface area (Å²) in [5, 5.41) is 0. The highest BCUT2D eigenvalue weighted by Crippen LogP contribution is 2.27. The summed E-state index contributed by atoms with van der Waals surface area (Å²) in [5.74, 6) is 2.79. The van der Waals surface area contributed by atoms with Crippen molar-refractivity contribution in [1.29, 1.82) is 0 Å². The van der Waals surface area contributed by atoms with Crippen molar-refractivity contribution in [2.75, 3.05) is 18.8 Å². The van der Waals surface area contributed by atoms with Gasteiger partial charge in [0.1, 0.15) is 0 Å². The quantitative estimate of drug-likeness (QED) is 0.816. The Morgan fingerprint density at radius 1 is 1.24 bits per heavy atom. The molecule has 1 fully saturated rings.